The molecule has 0 fully saturated rings. The van der Waals surface area contributed by atoms with Crippen LogP contribution in [0.5, 0.6) is 0 Å². The minimum absolute atomic E-state index is 0.0129. The van der Waals surface area contributed by atoms with Crippen LogP contribution in [0.15, 0.2) is 48.5 Å². The van der Waals surface area contributed by atoms with Gasteiger partial charge in [-0.05, 0) is 40.5 Å². The molecule has 0 saturated heterocycles. The predicted octanol–water partition coefficient (Wildman–Crippen LogP) is 4.56. The van der Waals surface area contributed by atoms with Crippen LogP contribution in [0.3, 0.4) is 0 Å². The highest BCUT2D eigenvalue weighted by atomic mass is 16.5. The summed E-state index contributed by atoms with van der Waals surface area (Å²) < 4.78 is 5.55. The Morgan fingerprint density at radius 1 is 0.971 bits per heavy atom. The van der Waals surface area contributed by atoms with Crippen LogP contribution in [0.2, 0.25) is 0 Å². The normalized spacial score (nSPS) is 14.1. The number of hydrogen-bond donors (Lipinski definition) is 3. The number of aliphatic carboxylic acids is 1. The molecule has 1 aliphatic rings. The van der Waals surface area contributed by atoms with E-state index in [4.69, 9.17) is 9.84 Å². The Kier molecular flexibility index (Phi) is 8.68. The molecule has 2 aromatic carbocycles. The molecule has 2 unspecified atom stereocenters. The third-order valence-electron chi connectivity index (χ3n) is 6.35. The summed E-state index contributed by atoms with van der Waals surface area (Å²) in [7, 11) is 0. The number of benzene rings is 2. The van der Waals surface area contributed by atoms with Crippen LogP contribution in [-0.4, -0.2) is 42.3 Å². The van der Waals surface area contributed by atoms with Crippen LogP contribution in [0, 0.1) is 11.8 Å². The third-order valence-corrected chi connectivity index (χ3v) is 6.35. The largest absolute Gasteiger partial charge is 0.481 e. The molecular formula is C27H34N2O5. The molecule has 0 heterocycles. The molecule has 0 aromatic heterocycles. The van der Waals surface area contributed by atoms with Crippen LogP contribution in [0.25, 0.3) is 11.1 Å². The third kappa shape index (κ3) is 6.59. The number of nitrogens with one attached hydrogen (secondary N) is 2. The number of carboxylic acid groups (broad SMARTS) is 1. The van der Waals surface area contributed by atoms with E-state index in [9.17, 15) is 14.4 Å². The maximum atomic E-state index is 12.3. The fraction of sp³-hybridized carbons (Fsp3) is 0.444. The van der Waals surface area contributed by atoms with Crippen molar-refractivity contribution < 1.29 is 24.2 Å². The zero-order chi connectivity index (χ0) is 24.7. The molecule has 1 aliphatic carbocycles. The van der Waals surface area contributed by atoms with Crippen molar-refractivity contribution in [1.82, 2.24) is 10.6 Å². The minimum atomic E-state index is -0.931. The highest BCUT2D eigenvalue weighted by molar-refractivity contribution is 5.79. The second-order valence-corrected chi connectivity index (χ2v) is 9.37. The van der Waals surface area contributed by atoms with Gasteiger partial charge in [0.25, 0.3) is 0 Å². The number of rotatable bonds is 11. The van der Waals surface area contributed by atoms with Crippen molar-refractivity contribution in [2.24, 2.45) is 11.8 Å². The first-order chi connectivity index (χ1) is 16.3. The SMILES string of the molecule is CC(CCC(=O)NC(CC(=O)O)C(C)C)CNC(=O)OCC1c2ccccc2-c2ccccc21. The molecule has 0 saturated carbocycles. The zero-order valence-corrected chi connectivity index (χ0v) is 20.0. The summed E-state index contributed by atoms with van der Waals surface area (Å²) in [4.78, 5) is 35.5. The molecule has 0 aliphatic heterocycles. The van der Waals surface area contributed by atoms with Crippen molar-refractivity contribution in [2.75, 3.05) is 13.2 Å². The highest BCUT2D eigenvalue weighted by Gasteiger charge is 2.29. The molecule has 3 N–H and O–H groups in total. The van der Waals surface area contributed by atoms with E-state index < -0.39 is 12.1 Å². The summed E-state index contributed by atoms with van der Waals surface area (Å²) >= 11 is 0. The average Bonchev–Trinajstić information content (AvgIpc) is 3.13. The number of fused-ring (bicyclic) bond motifs is 3. The first-order valence-corrected chi connectivity index (χ1v) is 11.9. The Hall–Kier alpha value is -3.35. The van der Waals surface area contributed by atoms with Gasteiger partial charge in [0, 0.05) is 24.9 Å². The number of carboxylic acids is 1. The minimum Gasteiger partial charge on any atom is -0.481 e. The van der Waals surface area contributed by atoms with Gasteiger partial charge in [-0.3, -0.25) is 9.59 Å². The van der Waals surface area contributed by atoms with Crippen molar-refractivity contribution in [1.29, 1.82) is 0 Å². The van der Waals surface area contributed by atoms with E-state index in [2.05, 4.69) is 34.9 Å². The fourth-order valence-electron chi connectivity index (χ4n) is 4.31. The van der Waals surface area contributed by atoms with E-state index in [1.165, 1.54) is 22.3 Å². The molecule has 0 bridgehead atoms. The molecular weight excluding hydrogens is 432 g/mol. The van der Waals surface area contributed by atoms with E-state index in [1.807, 2.05) is 45.0 Å². The molecule has 2 amide bonds. The Balaban J connectivity index is 1.42. The number of ether oxygens (including phenoxy) is 1. The molecule has 0 radical (unpaired) electrons. The molecule has 2 atom stereocenters. The maximum absolute atomic E-state index is 12.3. The second-order valence-electron chi connectivity index (χ2n) is 9.37. The van der Waals surface area contributed by atoms with Crippen molar-refractivity contribution >= 4 is 18.0 Å². The summed E-state index contributed by atoms with van der Waals surface area (Å²) in [6.45, 7) is 6.38. The van der Waals surface area contributed by atoms with Crippen molar-refractivity contribution in [3.05, 3.63) is 59.7 Å². The van der Waals surface area contributed by atoms with Crippen LogP contribution < -0.4 is 10.6 Å². The number of carbonyl (C=O) groups is 3. The van der Waals surface area contributed by atoms with Gasteiger partial charge < -0.3 is 20.5 Å². The molecule has 2 aromatic rings. The summed E-state index contributed by atoms with van der Waals surface area (Å²) in [5.74, 6) is -0.984. The van der Waals surface area contributed by atoms with Gasteiger partial charge in [0.1, 0.15) is 6.61 Å². The number of alkyl carbamates (subject to hydrolysis) is 1. The van der Waals surface area contributed by atoms with E-state index in [0.29, 0.717) is 13.0 Å². The maximum Gasteiger partial charge on any atom is 0.407 e. The molecule has 0 spiro atoms. The first kappa shape index (κ1) is 25.3. The van der Waals surface area contributed by atoms with E-state index in [-0.39, 0.29) is 49.2 Å². The number of hydrogen-bond acceptors (Lipinski definition) is 4. The Morgan fingerprint density at radius 3 is 2.12 bits per heavy atom. The quantitative estimate of drug-likeness (QED) is 0.450. The van der Waals surface area contributed by atoms with Gasteiger partial charge >= 0.3 is 12.1 Å². The van der Waals surface area contributed by atoms with Gasteiger partial charge in [0.2, 0.25) is 5.91 Å². The van der Waals surface area contributed by atoms with Gasteiger partial charge in [-0.15, -0.1) is 0 Å². The van der Waals surface area contributed by atoms with Crippen molar-refractivity contribution in [2.45, 2.75) is 52.0 Å². The predicted molar refractivity (Wildman–Crippen MR) is 130 cm³/mol. The second kappa shape index (κ2) is 11.7. The molecule has 7 nitrogen and oxygen atoms in total. The molecule has 34 heavy (non-hydrogen) atoms. The summed E-state index contributed by atoms with van der Waals surface area (Å²) in [5, 5.41) is 14.6. The lowest BCUT2D eigenvalue weighted by atomic mass is 9.98. The lowest BCUT2D eigenvalue weighted by Crippen LogP contribution is -2.40. The molecule has 182 valence electrons. The van der Waals surface area contributed by atoms with Gasteiger partial charge in [0.05, 0.1) is 6.42 Å². The topological polar surface area (TPSA) is 105 Å². The van der Waals surface area contributed by atoms with Crippen LogP contribution in [-0.2, 0) is 14.3 Å². The van der Waals surface area contributed by atoms with E-state index >= 15 is 0 Å². The number of carbonyl (C=O) groups excluding carboxylic acids is 2. The fourth-order valence-corrected chi connectivity index (χ4v) is 4.31. The summed E-state index contributed by atoms with van der Waals surface area (Å²) in [6.07, 6.45) is 0.283. The van der Waals surface area contributed by atoms with Gasteiger partial charge in [-0.25, -0.2) is 4.79 Å². The Morgan fingerprint density at radius 2 is 1.56 bits per heavy atom. The smallest absolute Gasteiger partial charge is 0.407 e. The zero-order valence-electron chi connectivity index (χ0n) is 20.0. The summed E-state index contributed by atoms with van der Waals surface area (Å²) in [5.41, 5.74) is 4.70. The van der Waals surface area contributed by atoms with Gasteiger partial charge in [0.15, 0.2) is 0 Å². The van der Waals surface area contributed by atoms with E-state index in [1.54, 1.807) is 0 Å². The van der Waals surface area contributed by atoms with Crippen LogP contribution >= 0.6 is 0 Å². The Labute approximate surface area is 200 Å². The van der Waals surface area contributed by atoms with Crippen LogP contribution in [0.1, 0.15) is 57.1 Å². The van der Waals surface area contributed by atoms with Crippen LogP contribution in [0.4, 0.5) is 4.79 Å². The van der Waals surface area contributed by atoms with Gasteiger partial charge in [-0.1, -0.05) is 69.3 Å². The van der Waals surface area contributed by atoms with Gasteiger partial charge in [-0.2, -0.15) is 0 Å². The summed E-state index contributed by atoms with van der Waals surface area (Å²) in [6, 6.07) is 16.0. The first-order valence-electron chi connectivity index (χ1n) is 11.9. The standard InChI is InChI=1S/C27H34N2O5/c1-17(2)24(14-26(31)32)29-25(30)13-12-18(3)15-28-27(33)34-16-23-21-10-6-4-8-19(21)20-9-5-7-11-22(20)23/h4-11,17-18,23-24H,12-16H2,1-3H3,(H,28,33)(H,29,30)(H,31,32). The van der Waals surface area contributed by atoms with E-state index in [0.717, 1.165) is 0 Å². The lowest BCUT2D eigenvalue weighted by molar-refractivity contribution is -0.138. The average molecular weight is 467 g/mol. The molecule has 7 heteroatoms. The highest BCUT2D eigenvalue weighted by Crippen LogP contribution is 2.44. The van der Waals surface area contributed by atoms with Crippen molar-refractivity contribution in [3.8, 4) is 11.1 Å². The monoisotopic (exact) mass is 466 g/mol. The number of amides is 2. The Bertz CT molecular complexity index is 974. The lowest BCUT2D eigenvalue weighted by Gasteiger charge is -2.21. The van der Waals surface area contributed by atoms with Crippen molar-refractivity contribution in [3.63, 3.8) is 0 Å². The molecule has 3 rings (SSSR count).